The Kier molecular flexibility index (Phi) is 6.80. The van der Waals surface area contributed by atoms with Gasteiger partial charge in [-0.05, 0) is 75.2 Å². The van der Waals surface area contributed by atoms with E-state index in [4.69, 9.17) is 16.6 Å². The minimum Gasteiger partial charge on any atom is -0.322 e. The van der Waals surface area contributed by atoms with E-state index in [9.17, 15) is 4.79 Å². The Morgan fingerprint density at radius 3 is 2.49 bits per heavy atom. The number of aromatic nitrogens is 2. The third-order valence-corrected chi connectivity index (χ3v) is 7.14. The maximum absolute atomic E-state index is 12.8. The summed E-state index contributed by atoms with van der Waals surface area (Å²) >= 11 is 5.96. The zero-order valence-corrected chi connectivity index (χ0v) is 20.8. The summed E-state index contributed by atoms with van der Waals surface area (Å²) in [6, 6.07) is 22.3. The Labute approximate surface area is 211 Å². The fourth-order valence-electron chi connectivity index (χ4n) is 4.83. The number of anilines is 1. The number of fused-ring (bicyclic) bond motifs is 1. The first kappa shape index (κ1) is 23.5. The Morgan fingerprint density at radius 1 is 1.00 bits per heavy atom. The minimum atomic E-state index is -0.197. The second-order valence-electron chi connectivity index (χ2n) is 9.40. The lowest BCUT2D eigenvalue weighted by molar-refractivity contribution is 0.0939. The second-order valence-corrected chi connectivity index (χ2v) is 9.84. The molecule has 1 aliphatic heterocycles. The average molecular weight is 485 g/mol. The molecule has 1 N–H and O–H groups in total. The van der Waals surface area contributed by atoms with Crippen molar-refractivity contribution in [2.24, 2.45) is 0 Å². The number of carbonyl (C=O) groups excluding carboxylic acids is 1. The highest BCUT2D eigenvalue weighted by Crippen LogP contribution is 2.26. The van der Waals surface area contributed by atoms with Gasteiger partial charge in [-0.1, -0.05) is 36.2 Å². The fraction of sp³-hybridized carbons (Fsp3) is 0.276. The fourth-order valence-corrected chi connectivity index (χ4v) is 4.96. The highest BCUT2D eigenvalue weighted by Gasteiger charge is 2.24. The van der Waals surface area contributed by atoms with Crippen LogP contribution in [0, 0.1) is 0 Å². The van der Waals surface area contributed by atoms with Crippen LogP contribution >= 0.6 is 11.6 Å². The molecular weight excluding hydrogens is 456 g/mol. The molecule has 1 aliphatic rings. The number of hydrogen-bond donors (Lipinski definition) is 1. The molecule has 0 saturated carbocycles. The van der Waals surface area contributed by atoms with Gasteiger partial charge in [-0.3, -0.25) is 19.7 Å². The van der Waals surface area contributed by atoms with E-state index in [2.05, 4.69) is 41.2 Å². The topological polar surface area (TPSA) is 58.1 Å². The van der Waals surface area contributed by atoms with Gasteiger partial charge in [0.1, 0.15) is 0 Å². The van der Waals surface area contributed by atoms with Crippen LogP contribution in [-0.2, 0) is 6.54 Å². The lowest BCUT2D eigenvalue weighted by Crippen LogP contribution is -2.43. The van der Waals surface area contributed by atoms with E-state index in [-0.39, 0.29) is 5.91 Å². The third kappa shape index (κ3) is 5.37. The summed E-state index contributed by atoms with van der Waals surface area (Å²) in [5.41, 5.74) is 5.00. The molecule has 1 saturated heterocycles. The van der Waals surface area contributed by atoms with Crippen LogP contribution in [0.5, 0.6) is 0 Å². The molecule has 1 fully saturated rings. The molecule has 2 aromatic heterocycles. The van der Waals surface area contributed by atoms with Crippen molar-refractivity contribution in [1.29, 1.82) is 0 Å². The van der Waals surface area contributed by atoms with Crippen LogP contribution in [0.1, 0.15) is 49.2 Å². The third-order valence-electron chi connectivity index (χ3n) is 6.89. The van der Waals surface area contributed by atoms with Gasteiger partial charge in [-0.15, -0.1) is 0 Å². The van der Waals surface area contributed by atoms with Crippen molar-refractivity contribution in [3.63, 3.8) is 0 Å². The summed E-state index contributed by atoms with van der Waals surface area (Å²) in [5.74, 6) is -0.197. The van der Waals surface area contributed by atoms with Gasteiger partial charge in [0, 0.05) is 46.5 Å². The van der Waals surface area contributed by atoms with Crippen molar-refractivity contribution in [3.05, 3.63) is 89.2 Å². The van der Waals surface area contributed by atoms with Crippen LogP contribution in [0.15, 0.2) is 72.9 Å². The summed E-state index contributed by atoms with van der Waals surface area (Å²) in [6.45, 7) is 5.49. The van der Waals surface area contributed by atoms with Gasteiger partial charge >= 0.3 is 0 Å². The number of amides is 1. The van der Waals surface area contributed by atoms with E-state index >= 15 is 0 Å². The van der Waals surface area contributed by atoms with Crippen LogP contribution < -0.4 is 5.32 Å². The summed E-state index contributed by atoms with van der Waals surface area (Å²) in [7, 11) is 0. The second kappa shape index (κ2) is 10.1. The number of carbonyl (C=O) groups is 1. The normalized spacial score (nSPS) is 18.5. The lowest BCUT2D eigenvalue weighted by atomic mass is 9.97. The molecule has 178 valence electrons. The molecule has 0 unspecified atom stereocenters. The number of nitrogens with one attached hydrogen (secondary N) is 1. The van der Waals surface area contributed by atoms with E-state index in [1.807, 2.05) is 48.5 Å². The monoisotopic (exact) mass is 484 g/mol. The van der Waals surface area contributed by atoms with Crippen molar-refractivity contribution in [2.75, 3.05) is 5.32 Å². The Morgan fingerprint density at radius 2 is 1.77 bits per heavy atom. The molecule has 5 nitrogen and oxygen atoms in total. The smallest absolute Gasteiger partial charge is 0.257 e. The van der Waals surface area contributed by atoms with Crippen molar-refractivity contribution in [2.45, 2.75) is 51.7 Å². The zero-order valence-electron chi connectivity index (χ0n) is 20.0. The van der Waals surface area contributed by atoms with Crippen LogP contribution in [0.2, 0.25) is 5.02 Å². The highest BCUT2D eigenvalue weighted by atomic mass is 35.5. The molecule has 0 spiro atoms. The maximum atomic E-state index is 12.8. The Hall–Kier alpha value is -3.28. The molecule has 0 radical (unpaired) electrons. The zero-order chi connectivity index (χ0) is 24.4. The molecule has 0 bridgehead atoms. The number of hydrogen-bond acceptors (Lipinski definition) is 4. The van der Waals surface area contributed by atoms with Crippen LogP contribution in [0.25, 0.3) is 22.2 Å². The molecule has 0 aliphatic carbocycles. The highest BCUT2D eigenvalue weighted by molar-refractivity contribution is 6.30. The van der Waals surface area contributed by atoms with Crippen molar-refractivity contribution < 1.29 is 4.79 Å². The van der Waals surface area contributed by atoms with E-state index in [1.165, 1.54) is 19.3 Å². The number of pyridine rings is 2. The number of likely N-dealkylation sites (tertiary alicyclic amines) is 1. The van der Waals surface area contributed by atoms with Gasteiger partial charge in [0.05, 0.1) is 22.5 Å². The van der Waals surface area contributed by atoms with Crippen molar-refractivity contribution in [1.82, 2.24) is 14.9 Å². The predicted octanol–water partition coefficient (Wildman–Crippen LogP) is 6.97. The molecule has 3 heterocycles. The standard InChI is InChI=1S/C29H29ClN4O/c1-19-4-3-5-20(2)34(19)18-26-12-8-22-16-25(13-15-28(22)32-26)33-29(35)23-9-14-27(31-17-23)21-6-10-24(30)11-7-21/h6-17,19-20H,3-5,18H2,1-2H3,(H,33,35)/t19-,20+. The average Bonchev–Trinajstić information content (AvgIpc) is 2.87. The number of nitrogens with zero attached hydrogens (tertiary/aromatic N) is 3. The van der Waals surface area contributed by atoms with E-state index in [1.54, 1.807) is 12.3 Å². The molecule has 4 aromatic rings. The molecule has 5 rings (SSSR count). The molecule has 35 heavy (non-hydrogen) atoms. The molecule has 2 atom stereocenters. The van der Waals surface area contributed by atoms with Crippen LogP contribution in [0.4, 0.5) is 5.69 Å². The summed E-state index contributed by atoms with van der Waals surface area (Å²) < 4.78 is 0. The van der Waals surface area contributed by atoms with Crippen LogP contribution in [-0.4, -0.2) is 32.9 Å². The van der Waals surface area contributed by atoms with Gasteiger partial charge in [-0.25, -0.2) is 0 Å². The van der Waals surface area contributed by atoms with E-state index < -0.39 is 0 Å². The molecular formula is C29H29ClN4O. The quantitative estimate of drug-likeness (QED) is 0.332. The predicted molar refractivity (Wildman–Crippen MR) is 143 cm³/mol. The molecule has 1 amide bonds. The van der Waals surface area contributed by atoms with Gasteiger partial charge in [0.2, 0.25) is 0 Å². The number of piperidine rings is 1. The minimum absolute atomic E-state index is 0.197. The number of benzene rings is 2. The Balaban J connectivity index is 1.27. The first-order valence-electron chi connectivity index (χ1n) is 12.1. The SMILES string of the molecule is C[C@@H]1CCC[C@H](C)N1Cc1ccc2cc(NC(=O)c3ccc(-c4ccc(Cl)cc4)nc3)ccc2n1. The van der Waals surface area contributed by atoms with E-state index in [0.717, 1.165) is 40.1 Å². The van der Waals surface area contributed by atoms with Crippen molar-refractivity contribution in [3.8, 4) is 11.3 Å². The van der Waals surface area contributed by atoms with Gasteiger partial charge in [-0.2, -0.15) is 0 Å². The lowest BCUT2D eigenvalue weighted by Gasteiger charge is -2.38. The summed E-state index contributed by atoms with van der Waals surface area (Å²) in [4.78, 5) is 24.7. The van der Waals surface area contributed by atoms with Gasteiger partial charge in [0.15, 0.2) is 0 Å². The first-order valence-corrected chi connectivity index (χ1v) is 12.5. The summed E-state index contributed by atoms with van der Waals surface area (Å²) in [5, 5.41) is 4.66. The van der Waals surface area contributed by atoms with Crippen LogP contribution in [0.3, 0.4) is 0 Å². The first-order chi connectivity index (χ1) is 17.0. The largest absolute Gasteiger partial charge is 0.322 e. The van der Waals surface area contributed by atoms with Crippen molar-refractivity contribution >= 4 is 34.1 Å². The van der Waals surface area contributed by atoms with E-state index in [0.29, 0.717) is 22.7 Å². The maximum Gasteiger partial charge on any atom is 0.257 e. The molecule has 6 heteroatoms. The number of halogens is 1. The summed E-state index contributed by atoms with van der Waals surface area (Å²) in [6.07, 6.45) is 5.40. The van der Waals surface area contributed by atoms with Gasteiger partial charge in [0.25, 0.3) is 5.91 Å². The Bertz CT molecular complexity index is 1330. The number of rotatable bonds is 5. The van der Waals surface area contributed by atoms with Gasteiger partial charge < -0.3 is 5.32 Å². The molecule has 2 aromatic carbocycles.